The Morgan fingerprint density at radius 2 is 1.82 bits per heavy atom. The Balaban J connectivity index is 1.71. The Bertz CT molecular complexity index is 989. The quantitative estimate of drug-likeness (QED) is 0.535. The monoisotopic (exact) mass is 381 g/mol. The van der Waals surface area contributed by atoms with E-state index < -0.39 is 0 Å². The summed E-state index contributed by atoms with van der Waals surface area (Å²) in [7, 11) is 2.21. The first-order chi connectivity index (χ1) is 13.5. The van der Waals surface area contributed by atoms with Gasteiger partial charge in [-0.2, -0.15) is 0 Å². The van der Waals surface area contributed by atoms with Crippen LogP contribution in [0.1, 0.15) is 21.7 Å². The number of quaternary nitrogens is 2. The smallest absolute Gasteiger partial charge is 0.259 e. The van der Waals surface area contributed by atoms with E-state index in [-0.39, 0.29) is 11.7 Å². The summed E-state index contributed by atoms with van der Waals surface area (Å²) in [6, 6.07) is 12.8. The number of hydrogen-bond acceptors (Lipinski definition) is 3. The Labute approximate surface area is 164 Å². The molecule has 0 unspecified atom stereocenters. The first kappa shape index (κ1) is 18.5. The maximum Gasteiger partial charge on any atom is 0.259 e. The second kappa shape index (κ2) is 7.66. The number of carbonyl (C=O) groups is 1. The number of likely N-dealkylation sites (N-methyl/N-ethyl adjacent to an activating group) is 1. The van der Waals surface area contributed by atoms with Crippen LogP contribution in [0, 0.1) is 6.92 Å². The van der Waals surface area contributed by atoms with Gasteiger partial charge in [-0.1, -0.05) is 18.2 Å². The van der Waals surface area contributed by atoms with E-state index >= 15 is 0 Å². The van der Waals surface area contributed by atoms with Gasteiger partial charge in [0.15, 0.2) is 0 Å². The molecular formula is C22H27N3O3+2. The molecule has 6 heteroatoms. The molecule has 0 saturated carbocycles. The van der Waals surface area contributed by atoms with Gasteiger partial charge in [-0.3, -0.25) is 4.79 Å². The minimum atomic E-state index is -0.216. The predicted molar refractivity (Wildman–Crippen MR) is 108 cm³/mol. The fourth-order valence-electron chi connectivity index (χ4n) is 3.99. The van der Waals surface area contributed by atoms with Crippen LogP contribution >= 0.6 is 0 Å². The standard InChI is InChI=1S/C22H25N3O3/c1-15-20(22(27)23-16-6-4-3-5-7-16)21-17(18(26)8-9-19(21)28-15)14-25-12-10-24(2)11-13-25/h3-9,26H,10-14H2,1-2H3,(H,23,27)/p+2. The van der Waals surface area contributed by atoms with E-state index in [0.29, 0.717) is 23.5 Å². The number of amides is 1. The number of furan rings is 1. The molecule has 0 spiro atoms. The van der Waals surface area contributed by atoms with E-state index in [4.69, 9.17) is 4.42 Å². The molecular weight excluding hydrogens is 354 g/mol. The van der Waals surface area contributed by atoms with Gasteiger partial charge in [0.2, 0.25) is 0 Å². The van der Waals surface area contributed by atoms with Gasteiger partial charge in [-0.05, 0) is 31.2 Å². The highest BCUT2D eigenvalue weighted by Gasteiger charge is 2.27. The van der Waals surface area contributed by atoms with Crippen molar-refractivity contribution >= 4 is 22.6 Å². The normalized spacial score (nSPS) is 19.6. The summed E-state index contributed by atoms with van der Waals surface area (Å²) in [4.78, 5) is 16.0. The van der Waals surface area contributed by atoms with Gasteiger partial charge in [0.05, 0.1) is 18.2 Å². The summed E-state index contributed by atoms with van der Waals surface area (Å²) in [5, 5.41) is 14.3. The second-order valence-electron chi connectivity index (χ2n) is 7.67. The molecule has 6 nitrogen and oxygen atoms in total. The average molecular weight is 381 g/mol. The number of phenolic OH excluding ortho intramolecular Hbond substituents is 1. The third-order valence-corrected chi connectivity index (χ3v) is 5.61. The summed E-state index contributed by atoms with van der Waals surface area (Å²) in [5.74, 6) is 0.570. The number of para-hydroxylation sites is 1. The summed E-state index contributed by atoms with van der Waals surface area (Å²) in [6.45, 7) is 6.79. The largest absolute Gasteiger partial charge is 0.507 e. The van der Waals surface area contributed by atoms with Crippen LogP contribution in [0.5, 0.6) is 5.75 Å². The van der Waals surface area contributed by atoms with Crippen LogP contribution in [0.25, 0.3) is 11.0 Å². The van der Waals surface area contributed by atoms with Crippen molar-refractivity contribution in [1.82, 2.24) is 0 Å². The fourth-order valence-corrected chi connectivity index (χ4v) is 3.99. The molecule has 0 aliphatic carbocycles. The molecule has 1 aliphatic rings. The zero-order valence-electron chi connectivity index (χ0n) is 16.3. The van der Waals surface area contributed by atoms with Gasteiger partial charge < -0.3 is 24.6 Å². The van der Waals surface area contributed by atoms with Crippen molar-refractivity contribution in [1.29, 1.82) is 0 Å². The van der Waals surface area contributed by atoms with Crippen LogP contribution in [-0.4, -0.2) is 44.2 Å². The predicted octanol–water partition coefficient (Wildman–Crippen LogP) is 0.612. The van der Waals surface area contributed by atoms with E-state index in [2.05, 4.69) is 12.4 Å². The van der Waals surface area contributed by atoms with E-state index in [1.807, 2.05) is 30.3 Å². The molecule has 0 radical (unpaired) electrons. The van der Waals surface area contributed by atoms with Crippen LogP contribution in [0.15, 0.2) is 46.9 Å². The minimum Gasteiger partial charge on any atom is -0.507 e. The molecule has 1 aromatic heterocycles. The van der Waals surface area contributed by atoms with Gasteiger partial charge in [0.25, 0.3) is 5.91 Å². The molecule has 146 valence electrons. The number of anilines is 1. The maximum atomic E-state index is 13.0. The van der Waals surface area contributed by atoms with Crippen molar-refractivity contribution in [2.45, 2.75) is 13.5 Å². The molecule has 28 heavy (non-hydrogen) atoms. The molecule has 1 aliphatic heterocycles. The SMILES string of the molecule is Cc1oc2ccc(O)c(C[NH+]3CC[NH+](C)CC3)c2c1C(=O)Nc1ccccc1. The Kier molecular flexibility index (Phi) is 5.07. The van der Waals surface area contributed by atoms with Crippen molar-refractivity contribution in [3.63, 3.8) is 0 Å². The lowest BCUT2D eigenvalue weighted by Crippen LogP contribution is -3.26. The Hall–Kier alpha value is -2.83. The van der Waals surface area contributed by atoms with E-state index in [1.54, 1.807) is 19.1 Å². The van der Waals surface area contributed by atoms with Crippen LogP contribution in [0.3, 0.4) is 0 Å². The fraction of sp³-hybridized carbons (Fsp3) is 0.318. The highest BCUT2D eigenvalue weighted by molar-refractivity contribution is 6.14. The number of rotatable bonds is 4. The summed E-state index contributed by atoms with van der Waals surface area (Å²) >= 11 is 0. The third-order valence-electron chi connectivity index (χ3n) is 5.61. The van der Waals surface area contributed by atoms with Crippen LogP contribution in [-0.2, 0) is 6.54 Å². The number of phenols is 1. The molecule has 1 amide bonds. The van der Waals surface area contributed by atoms with Crippen LogP contribution in [0.2, 0.25) is 0 Å². The van der Waals surface area contributed by atoms with E-state index in [1.165, 1.54) is 9.80 Å². The van der Waals surface area contributed by atoms with Crippen molar-refractivity contribution in [3.05, 3.63) is 59.4 Å². The molecule has 1 saturated heterocycles. The highest BCUT2D eigenvalue weighted by atomic mass is 16.3. The van der Waals surface area contributed by atoms with Crippen LogP contribution in [0.4, 0.5) is 5.69 Å². The third kappa shape index (κ3) is 3.61. The summed E-state index contributed by atoms with van der Waals surface area (Å²) < 4.78 is 5.87. The summed E-state index contributed by atoms with van der Waals surface area (Å²) in [6.07, 6.45) is 0. The van der Waals surface area contributed by atoms with Gasteiger partial charge in [-0.15, -0.1) is 0 Å². The van der Waals surface area contributed by atoms with Gasteiger partial charge in [0, 0.05) is 11.1 Å². The van der Waals surface area contributed by atoms with Gasteiger partial charge >= 0.3 is 0 Å². The Morgan fingerprint density at radius 1 is 1.11 bits per heavy atom. The van der Waals surface area contributed by atoms with E-state index in [9.17, 15) is 9.90 Å². The first-order valence-corrected chi connectivity index (χ1v) is 9.78. The molecule has 0 atom stereocenters. The lowest BCUT2D eigenvalue weighted by molar-refractivity contribution is -1.01. The molecule has 4 rings (SSSR count). The van der Waals surface area contributed by atoms with Crippen molar-refractivity contribution in [2.75, 3.05) is 38.5 Å². The van der Waals surface area contributed by atoms with Crippen molar-refractivity contribution in [3.8, 4) is 5.75 Å². The average Bonchev–Trinajstić information content (AvgIpc) is 3.03. The number of benzene rings is 2. The zero-order chi connectivity index (χ0) is 19.7. The number of fused-ring (bicyclic) bond motifs is 1. The zero-order valence-corrected chi connectivity index (χ0v) is 16.3. The maximum absolute atomic E-state index is 13.0. The molecule has 4 N–H and O–H groups in total. The molecule has 3 aromatic rings. The van der Waals surface area contributed by atoms with E-state index in [0.717, 1.165) is 42.8 Å². The van der Waals surface area contributed by atoms with Gasteiger partial charge in [0.1, 0.15) is 49.8 Å². The molecule has 0 bridgehead atoms. The molecule has 2 aromatic carbocycles. The number of piperazine rings is 1. The molecule has 1 fully saturated rings. The number of aryl methyl sites for hydroxylation is 1. The number of carbonyl (C=O) groups excluding carboxylic acids is 1. The lowest BCUT2D eigenvalue weighted by Gasteiger charge is -2.27. The summed E-state index contributed by atoms with van der Waals surface area (Å²) in [5.41, 5.74) is 2.67. The Morgan fingerprint density at radius 3 is 2.54 bits per heavy atom. The van der Waals surface area contributed by atoms with Crippen LogP contribution < -0.4 is 15.1 Å². The number of hydrogen-bond donors (Lipinski definition) is 4. The number of nitrogens with one attached hydrogen (secondary N) is 3. The lowest BCUT2D eigenvalue weighted by atomic mass is 10.0. The number of aromatic hydroxyl groups is 1. The van der Waals surface area contributed by atoms with Crippen molar-refractivity contribution in [2.24, 2.45) is 0 Å². The highest BCUT2D eigenvalue weighted by Crippen LogP contribution is 2.34. The second-order valence-corrected chi connectivity index (χ2v) is 7.67. The first-order valence-electron chi connectivity index (χ1n) is 9.78. The van der Waals surface area contributed by atoms with Gasteiger partial charge in [-0.25, -0.2) is 0 Å². The minimum absolute atomic E-state index is 0.216. The van der Waals surface area contributed by atoms with Crippen molar-refractivity contribution < 1.29 is 24.1 Å². The molecule has 2 heterocycles. The topological polar surface area (TPSA) is 71.3 Å².